The molecule has 7 heteroatoms. The third-order valence-corrected chi connectivity index (χ3v) is 6.98. The quantitative estimate of drug-likeness (QED) is 0.642. The molecule has 0 saturated carbocycles. The number of hydrogen-bond acceptors (Lipinski definition) is 3. The van der Waals surface area contributed by atoms with Gasteiger partial charge in [0.05, 0.1) is 15.6 Å². The molecule has 2 amide bonds. The molecule has 2 atom stereocenters. The van der Waals surface area contributed by atoms with Crippen molar-refractivity contribution in [1.82, 2.24) is 10.2 Å². The van der Waals surface area contributed by atoms with Gasteiger partial charge in [0, 0.05) is 23.8 Å². The number of fused-ring (bicyclic) bond motifs is 1. The van der Waals surface area contributed by atoms with Crippen molar-refractivity contribution in [3.63, 3.8) is 0 Å². The number of benzene rings is 2. The molecule has 5 nitrogen and oxygen atoms in total. The monoisotopic (exact) mass is 459 g/mol. The lowest BCUT2D eigenvalue weighted by atomic mass is 9.83. The third-order valence-electron chi connectivity index (χ3n) is 6.35. The van der Waals surface area contributed by atoms with Crippen LogP contribution in [0.2, 0.25) is 10.0 Å². The van der Waals surface area contributed by atoms with Crippen LogP contribution in [0.5, 0.6) is 0 Å². The molecule has 0 radical (unpaired) electrons. The number of carbonyl (C=O) groups is 2. The van der Waals surface area contributed by atoms with E-state index in [2.05, 4.69) is 15.5 Å². The zero-order valence-electron chi connectivity index (χ0n) is 17.4. The molecule has 2 aliphatic heterocycles. The van der Waals surface area contributed by atoms with Gasteiger partial charge in [-0.05, 0) is 81.1 Å². The van der Waals surface area contributed by atoms with E-state index in [4.69, 9.17) is 23.2 Å². The molecule has 4 rings (SSSR count). The van der Waals surface area contributed by atoms with Crippen LogP contribution in [0.4, 0.5) is 5.69 Å². The fourth-order valence-corrected chi connectivity index (χ4v) is 5.32. The largest absolute Gasteiger partial charge is 0.352 e. The second-order valence-electron chi connectivity index (χ2n) is 8.34. The van der Waals surface area contributed by atoms with E-state index in [0.29, 0.717) is 39.8 Å². The first kappa shape index (κ1) is 22.1. The van der Waals surface area contributed by atoms with Crippen molar-refractivity contribution in [3.8, 4) is 0 Å². The van der Waals surface area contributed by atoms with Gasteiger partial charge in [0.25, 0.3) is 11.8 Å². The summed E-state index contributed by atoms with van der Waals surface area (Å²) in [6.07, 6.45) is 6.21. The van der Waals surface area contributed by atoms with E-state index >= 15 is 0 Å². The zero-order chi connectivity index (χ0) is 21.8. The van der Waals surface area contributed by atoms with Crippen LogP contribution in [0.15, 0.2) is 42.5 Å². The molecule has 0 bridgehead atoms. The van der Waals surface area contributed by atoms with E-state index in [1.54, 1.807) is 42.5 Å². The summed E-state index contributed by atoms with van der Waals surface area (Å²) in [6.45, 7) is 3.10. The number of anilines is 1. The van der Waals surface area contributed by atoms with E-state index in [1.807, 2.05) is 0 Å². The Labute approximate surface area is 193 Å². The minimum atomic E-state index is -0.387. The van der Waals surface area contributed by atoms with Crippen LogP contribution in [0, 0.1) is 5.92 Å². The van der Waals surface area contributed by atoms with E-state index in [9.17, 15) is 9.59 Å². The molecule has 2 aliphatic rings. The molecule has 0 unspecified atom stereocenters. The summed E-state index contributed by atoms with van der Waals surface area (Å²) in [6, 6.07) is 12.4. The molecule has 2 aromatic rings. The Balaban J connectivity index is 1.33. The summed E-state index contributed by atoms with van der Waals surface area (Å²) in [5.41, 5.74) is 1.38. The lowest BCUT2D eigenvalue weighted by Gasteiger charge is -2.44. The summed E-state index contributed by atoms with van der Waals surface area (Å²) in [4.78, 5) is 27.8. The summed E-state index contributed by atoms with van der Waals surface area (Å²) in [5.74, 6) is 0.0547. The molecule has 2 N–H and O–H groups in total. The maximum Gasteiger partial charge on any atom is 0.258 e. The van der Waals surface area contributed by atoms with E-state index in [0.717, 1.165) is 0 Å². The Hall–Kier alpha value is -2.08. The van der Waals surface area contributed by atoms with E-state index < -0.39 is 0 Å². The van der Waals surface area contributed by atoms with Crippen LogP contribution in [0.3, 0.4) is 0 Å². The van der Waals surface area contributed by atoms with E-state index in [1.165, 1.54) is 45.2 Å². The Morgan fingerprint density at radius 1 is 0.903 bits per heavy atom. The van der Waals surface area contributed by atoms with Crippen molar-refractivity contribution < 1.29 is 9.59 Å². The number of piperidine rings is 2. The SMILES string of the molecule is O=C(NC[C@@H]1CCCN2CCCC[C@H]12)c1ccc(NC(=O)c2c(Cl)cccc2Cl)cc1. The van der Waals surface area contributed by atoms with Gasteiger partial charge >= 0.3 is 0 Å². The molecule has 2 heterocycles. The smallest absolute Gasteiger partial charge is 0.258 e. The fourth-order valence-electron chi connectivity index (χ4n) is 4.75. The van der Waals surface area contributed by atoms with Gasteiger partial charge in [-0.25, -0.2) is 0 Å². The first-order valence-electron chi connectivity index (χ1n) is 10.9. The van der Waals surface area contributed by atoms with Gasteiger partial charge in [-0.3, -0.25) is 9.59 Å². The van der Waals surface area contributed by atoms with Crippen LogP contribution < -0.4 is 10.6 Å². The number of nitrogens with one attached hydrogen (secondary N) is 2. The van der Waals surface area contributed by atoms with Crippen molar-refractivity contribution in [2.45, 2.75) is 38.1 Å². The highest BCUT2D eigenvalue weighted by molar-refractivity contribution is 6.40. The topological polar surface area (TPSA) is 61.4 Å². The molecule has 2 aromatic carbocycles. The van der Waals surface area contributed by atoms with Gasteiger partial charge in [0.2, 0.25) is 0 Å². The van der Waals surface area contributed by atoms with E-state index in [-0.39, 0.29) is 17.4 Å². The Morgan fingerprint density at radius 2 is 1.61 bits per heavy atom. The second kappa shape index (κ2) is 10.0. The lowest BCUT2D eigenvalue weighted by Crippen LogP contribution is -2.51. The molecule has 0 aromatic heterocycles. The maximum atomic E-state index is 12.6. The van der Waals surface area contributed by atoms with Crippen molar-refractivity contribution in [1.29, 1.82) is 0 Å². The Morgan fingerprint density at radius 3 is 2.35 bits per heavy atom. The first-order chi connectivity index (χ1) is 15.0. The molecule has 2 fully saturated rings. The summed E-state index contributed by atoms with van der Waals surface area (Å²) < 4.78 is 0. The number of halogens is 2. The van der Waals surface area contributed by atoms with Crippen LogP contribution in [0.25, 0.3) is 0 Å². The predicted octanol–water partition coefficient (Wildman–Crippen LogP) is 5.24. The zero-order valence-corrected chi connectivity index (χ0v) is 18.9. The highest BCUT2D eigenvalue weighted by atomic mass is 35.5. The normalized spacial score (nSPS) is 21.2. The number of rotatable bonds is 5. The van der Waals surface area contributed by atoms with Crippen molar-refractivity contribution in [2.24, 2.45) is 5.92 Å². The van der Waals surface area contributed by atoms with Crippen molar-refractivity contribution in [3.05, 3.63) is 63.6 Å². The van der Waals surface area contributed by atoms with Gasteiger partial charge in [-0.1, -0.05) is 35.7 Å². The molecule has 0 aliphatic carbocycles. The molecular weight excluding hydrogens is 433 g/mol. The van der Waals surface area contributed by atoms with Gasteiger partial charge in [-0.15, -0.1) is 0 Å². The molecule has 164 valence electrons. The minimum Gasteiger partial charge on any atom is -0.352 e. The Kier molecular flexibility index (Phi) is 7.16. The number of hydrogen-bond donors (Lipinski definition) is 2. The maximum absolute atomic E-state index is 12.6. The Bertz CT molecular complexity index is 926. The average molecular weight is 460 g/mol. The lowest BCUT2D eigenvalue weighted by molar-refractivity contribution is 0.0575. The van der Waals surface area contributed by atoms with Crippen LogP contribution in [-0.4, -0.2) is 42.4 Å². The van der Waals surface area contributed by atoms with Gasteiger partial charge in [0.1, 0.15) is 0 Å². The minimum absolute atomic E-state index is 0.0834. The third kappa shape index (κ3) is 5.22. The fraction of sp³-hybridized carbons (Fsp3) is 0.417. The first-order valence-corrected chi connectivity index (χ1v) is 11.7. The summed E-state index contributed by atoms with van der Waals surface area (Å²) >= 11 is 12.2. The molecule has 31 heavy (non-hydrogen) atoms. The highest BCUT2D eigenvalue weighted by Crippen LogP contribution is 2.30. The van der Waals surface area contributed by atoms with Crippen molar-refractivity contribution >= 4 is 40.7 Å². The number of carbonyl (C=O) groups excluding carboxylic acids is 2. The van der Waals surface area contributed by atoms with Crippen LogP contribution >= 0.6 is 23.2 Å². The number of nitrogens with zero attached hydrogens (tertiary/aromatic N) is 1. The molecule has 0 spiro atoms. The average Bonchev–Trinajstić information content (AvgIpc) is 2.78. The van der Waals surface area contributed by atoms with Crippen LogP contribution in [-0.2, 0) is 0 Å². The predicted molar refractivity (Wildman–Crippen MR) is 125 cm³/mol. The summed E-state index contributed by atoms with van der Waals surface area (Å²) in [7, 11) is 0. The molecule has 2 saturated heterocycles. The van der Waals surface area contributed by atoms with Gasteiger partial charge in [-0.2, -0.15) is 0 Å². The summed E-state index contributed by atoms with van der Waals surface area (Å²) in [5, 5.41) is 6.47. The van der Waals surface area contributed by atoms with Crippen molar-refractivity contribution in [2.75, 3.05) is 25.0 Å². The van der Waals surface area contributed by atoms with Crippen LogP contribution in [0.1, 0.15) is 52.8 Å². The standard InChI is InChI=1S/C24H27Cl2N3O2/c25-19-6-3-7-20(26)22(19)24(31)28-18-11-9-16(10-12-18)23(30)27-15-17-5-4-14-29-13-2-1-8-21(17)29/h3,6-7,9-12,17,21H,1-2,4-5,8,13-15H2,(H,27,30)(H,28,31)/t17-,21+/m0/s1. The second-order valence-corrected chi connectivity index (χ2v) is 9.15. The number of amides is 2. The van der Waals surface area contributed by atoms with Gasteiger partial charge < -0.3 is 15.5 Å². The van der Waals surface area contributed by atoms with Gasteiger partial charge in [0.15, 0.2) is 0 Å². The molecular formula is C24H27Cl2N3O2. The highest BCUT2D eigenvalue weighted by Gasteiger charge is 2.32.